The van der Waals surface area contributed by atoms with Gasteiger partial charge in [-0.3, -0.25) is 4.79 Å². The molecule has 224 valence electrons. The first-order valence-electron chi connectivity index (χ1n) is 15.3. The molecule has 0 amide bonds. The molecule has 0 radical (unpaired) electrons. The van der Waals surface area contributed by atoms with Crippen molar-refractivity contribution in [1.82, 2.24) is 0 Å². The highest BCUT2D eigenvalue weighted by Gasteiger charge is 2.22. The number of hydrogen-bond acceptors (Lipinski definition) is 4. The molecule has 0 heterocycles. The van der Waals surface area contributed by atoms with E-state index < -0.39 is 12.0 Å². The van der Waals surface area contributed by atoms with E-state index in [0.717, 1.165) is 24.2 Å². The number of para-hydroxylation sites is 1. The van der Waals surface area contributed by atoms with Crippen LogP contribution in [0.2, 0.25) is 0 Å². The molecule has 1 aliphatic rings. The third-order valence-corrected chi connectivity index (χ3v) is 8.27. The van der Waals surface area contributed by atoms with Crippen LogP contribution in [0.3, 0.4) is 0 Å². The highest BCUT2D eigenvalue weighted by atomic mass is 16.5. The van der Waals surface area contributed by atoms with E-state index in [2.05, 4.69) is 60.8 Å². The number of fused-ring (bicyclic) bond motifs is 3. The van der Waals surface area contributed by atoms with E-state index in [0.29, 0.717) is 23.4 Å². The van der Waals surface area contributed by atoms with Gasteiger partial charge in [0.1, 0.15) is 18.4 Å². The number of aliphatic carboxylic acids is 1. The number of nitrogens with one attached hydrogen (secondary N) is 1. The summed E-state index contributed by atoms with van der Waals surface area (Å²) in [7, 11) is 0. The minimum Gasteiger partial charge on any atom is -0.489 e. The molecule has 0 unspecified atom stereocenters. The maximum absolute atomic E-state index is 13.1. The van der Waals surface area contributed by atoms with E-state index >= 15 is 0 Å². The maximum atomic E-state index is 13.1. The zero-order valence-electron chi connectivity index (χ0n) is 25.2. The zero-order valence-corrected chi connectivity index (χ0v) is 25.2. The summed E-state index contributed by atoms with van der Waals surface area (Å²) in [5.74, 6) is -0.432. The Morgan fingerprint density at radius 3 is 2.31 bits per heavy atom. The molecule has 5 aromatic rings. The monoisotopic (exact) mass is 593 g/mol. The minimum atomic E-state index is -0.995. The number of carbonyl (C=O) groups is 2. The largest absolute Gasteiger partial charge is 0.489 e. The predicted molar refractivity (Wildman–Crippen MR) is 180 cm³/mol. The van der Waals surface area contributed by atoms with Gasteiger partial charge in [0.05, 0.1) is 0 Å². The van der Waals surface area contributed by atoms with E-state index in [1.54, 1.807) is 36.4 Å². The highest BCUT2D eigenvalue weighted by molar-refractivity contribution is 6.12. The fourth-order valence-electron chi connectivity index (χ4n) is 5.81. The quantitative estimate of drug-likeness (QED) is 0.139. The number of ketones is 1. The molecule has 1 atom stereocenters. The fourth-order valence-corrected chi connectivity index (χ4v) is 5.81. The molecule has 0 saturated heterocycles. The van der Waals surface area contributed by atoms with Crippen molar-refractivity contribution in [3.05, 3.63) is 160 Å². The van der Waals surface area contributed by atoms with Gasteiger partial charge >= 0.3 is 5.97 Å². The van der Waals surface area contributed by atoms with Crippen LogP contribution in [0, 0.1) is 0 Å². The highest BCUT2D eigenvalue weighted by Crippen LogP contribution is 2.37. The topological polar surface area (TPSA) is 75.6 Å². The lowest BCUT2D eigenvalue weighted by Crippen LogP contribution is -2.32. The van der Waals surface area contributed by atoms with Crippen LogP contribution in [0.1, 0.15) is 51.5 Å². The number of rotatable bonds is 12. The van der Waals surface area contributed by atoms with Gasteiger partial charge in [0.15, 0.2) is 5.78 Å². The molecule has 45 heavy (non-hydrogen) atoms. The van der Waals surface area contributed by atoms with Gasteiger partial charge in [-0.25, -0.2) is 4.79 Å². The summed E-state index contributed by atoms with van der Waals surface area (Å²) in [6, 6.07) is 37.9. The van der Waals surface area contributed by atoms with Gasteiger partial charge in [-0.15, -0.1) is 0 Å². The Balaban J connectivity index is 1.09. The van der Waals surface area contributed by atoms with Gasteiger partial charge in [-0.05, 0) is 76.1 Å². The smallest absolute Gasteiger partial charge is 0.326 e. The van der Waals surface area contributed by atoms with E-state index in [1.165, 1.54) is 33.4 Å². The Labute approximate surface area is 263 Å². The summed E-state index contributed by atoms with van der Waals surface area (Å²) >= 11 is 0. The third-order valence-electron chi connectivity index (χ3n) is 8.27. The molecule has 0 bridgehead atoms. The predicted octanol–water partition coefficient (Wildman–Crippen LogP) is 8.47. The van der Waals surface area contributed by atoms with Crippen LogP contribution in [0.25, 0.3) is 17.2 Å². The summed E-state index contributed by atoms with van der Waals surface area (Å²) in [5, 5.41) is 13.1. The molecular weight excluding hydrogens is 558 g/mol. The second-order valence-electron chi connectivity index (χ2n) is 11.3. The van der Waals surface area contributed by atoms with Crippen molar-refractivity contribution in [1.29, 1.82) is 0 Å². The van der Waals surface area contributed by atoms with Gasteiger partial charge in [0.25, 0.3) is 0 Å². The van der Waals surface area contributed by atoms with Gasteiger partial charge in [-0.2, -0.15) is 0 Å². The maximum Gasteiger partial charge on any atom is 0.326 e. The molecule has 1 aliphatic carbocycles. The number of ether oxygens (including phenoxy) is 1. The van der Waals surface area contributed by atoms with Crippen molar-refractivity contribution in [3.8, 4) is 16.9 Å². The van der Waals surface area contributed by atoms with E-state index in [4.69, 9.17) is 4.74 Å². The van der Waals surface area contributed by atoms with E-state index in [1.807, 2.05) is 42.5 Å². The van der Waals surface area contributed by atoms with Crippen molar-refractivity contribution in [2.45, 2.75) is 32.2 Å². The lowest BCUT2D eigenvalue weighted by molar-refractivity contribution is -0.137. The fraction of sp³-hybridized carbons (Fsp3) is 0.150. The Bertz CT molecular complexity index is 1860. The number of carboxylic acid groups (broad SMARTS) is 1. The average Bonchev–Trinajstić information content (AvgIpc) is 3.45. The number of carbonyl (C=O) groups excluding carboxylic acids is 1. The molecule has 0 saturated carbocycles. The normalized spacial score (nSPS) is 12.6. The van der Waals surface area contributed by atoms with E-state index in [-0.39, 0.29) is 12.2 Å². The summed E-state index contributed by atoms with van der Waals surface area (Å²) in [6.45, 7) is 2.60. The number of carboxylic acids is 1. The first-order valence-corrected chi connectivity index (χ1v) is 15.3. The van der Waals surface area contributed by atoms with Crippen molar-refractivity contribution in [2.24, 2.45) is 0 Å². The summed E-state index contributed by atoms with van der Waals surface area (Å²) < 4.78 is 6.12. The van der Waals surface area contributed by atoms with Crippen LogP contribution in [-0.2, 0) is 17.6 Å². The molecule has 2 N–H and O–H groups in total. The zero-order chi connectivity index (χ0) is 31.2. The second kappa shape index (κ2) is 13.5. The van der Waals surface area contributed by atoms with E-state index in [9.17, 15) is 14.7 Å². The molecule has 6 rings (SSSR count). The van der Waals surface area contributed by atoms with Crippen molar-refractivity contribution in [2.75, 3.05) is 11.9 Å². The van der Waals surface area contributed by atoms with Crippen LogP contribution >= 0.6 is 0 Å². The van der Waals surface area contributed by atoms with Crippen LogP contribution in [0.4, 0.5) is 5.69 Å². The van der Waals surface area contributed by atoms with Gasteiger partial charge < -0.3 is 15.2 Å². The Morgan fingerprint density at radius 2 is 1.53 bits per heavy atom. The SMILES string of the molecule is CC/C(=C\c1ccc2c(c1)Cc1ccccc1-2)COc1ccc(C[C@H](Nc2ccccc2C(=O)c2ccccc2)C(=O)O)cc1. The Morgan fingerprint density at radius 1 is 0.822 bits per heavy atom. The average molecular weight is 594 g/mol. The molecule has 0 fully saturated rings. The van der Waals surface area contributed by atoms with Gasteiger partial charge in [0.2, 0.25) is 0 Å². The molecule has 0 aliphatic heterocycles. The lowest BCUT2D eigenvalue weighted by atomic mass is 10.00. The van der Waals surface area contributed by atoms with Crippen LogP contribution in [0.5, 0.6) is 5.75 Å². The molecular formula is C40H35NO4. The first kappa shape index (κ1) is 29.6. The van der Waals surface area contributed by atoms with Crippen LogP contribution in [0.15, 0.2) is 127 Å². The van der Waals surface area contributed by atoms with Crippen LogP contribution < -0.4 is 10.1 Å². The Kier molecular flexibility index (Phi) is 8.88. The first-order chi connectivity index (χ1) is 22.0. The molecule has 0 spiro atoms. The lowest BCUT2D eigenvalue weighted by Gasteiger charge is -2.18. The molecule has 5 nitrogen and oxygen atoms in total. The molecule has 0 aromatic heterocycles. The number of benzene rings is 5. The second-order valence-corrected chi connectivity index (χ2v) is 11.3. The van der Waals surface area contributed by atoms with Crippen molar-refractivity contribution < 1.29 is 19.4 Å². The summed E-state index contributed by atoms with van der Waals surface area (Å²) in [4.78, 5) is 25.4. The number of hydrogen-bond donors (Lipinski definition) is 2. The standard InChI is InChI=1S/C40H35NO4/c1-2-27(22-29-18-21-35-32(23-29)25-31-12-6-7-13-34(31)35)26-45-33-19-16-28(17-20-33)24-38(40(43)44)41-37-15-9-8-14-36(37)39(42)30-10-4-3-5-11-30/h3-23,38,41H,2,24-26H2,1H3,(H,43,44)/b27-22+/t38-/m0/s1. The number of anilines is 1. The minimum absolute atomic E-state index is 0.161. The summed E-state index contributed by atoms with van der Waals surface area (Å²) in [5.41, 5.74) is 10.1. The molecule has 5 heteroatoms. The van der Waals surface area contributed by atoms with Gasteiger partial charge in [-0.1, -0.05) is 110 Å². The third kappa shape index (κ3) is 6.89. The van der Waals surface area contributed by atoms with Crippen molar-refractivity contribution >= 4 is 23.5 Å². The van der Waals surface area contributed by atoms with Crippen molar-refractivity contribution in [3.63, 3.8) is 0 Å². The van der Waals surface area contributed by atoms with Gasteiger partial charge in [0, 0.05) is 23.2 Å². The molecule has 5 aromatic carbocycles. The van der Waals surface area contributed by atoms with Crippen LogP contribution in [-0.4, -0.2) is 29.5 Å². The Hall–Kier alpha value is -5.42. The summed E-state index contributed by atoms with van der Waals surface area (Å²) in [6.07, 6.45) is 4.29.